The molecule has 0 unspecified atom stereocenters. The van der Waals surface area contributed by atoms with E-state index in [1.165, 1.54) is 7.11 Å². The zero-order chi connectivity index (χ0) is 21.2. The fourth-order valence-electron chi connectivity index (χ4n) is 2.90. The third kappa shape index (κ3) is 6.29. The summed E-state index contributed by atoms with van der Waals surface area (Å²) >= 11 is 5.23. The molecular weight excluding hydrogens is 386 g/mol. The second kappa shape index (κ2) is 11.2. The Balaban J connectivity index is 1.99. The highest BCUT2D eigenvalue weighted by atomic mass is 32.1. The number of benzene rings is 2. The standard InChI is InChI=1S/C22H27N3O3S/c1-4-14-25(15-5-2)21(27)16-10-12-17(13-11-16)23-22(29)24-20(26)18-8-6-7-9-19(18)28-3/h6-13H,4-5,14-15H2,1-3H3,(H2,23,24,26,29). The monoisotopic (exact) mass is 413 g/mol. The lowest BCUT2D eigenvalue weighted by Gasteiger charge is -2.21. The first-order valence-corrected chi connectivity index (χ1v) is 10.1. The van der Waals surface area contributed by atoms with Gasteiger partial charge < -0.3 is 15.0 Å². The maximum absolute atomic E-state index is 12.6. The fourth-order valence-corrected chi connectivity index (χ4v) is 3.11. The molecule has 0 heterocycles. The van der Waals surface area contributed by atoms with Crippen molar-refractivity contribution in [2.24, 2.45) is 0 Å². The number of methoxy groups -OCH3 is 1. The van der Waals surface area contributed by atoms with Crippen molar-refractivity contribution in [3.8, 4) is 5.75 Å². The molecule has 0 saturated carbocycles. The topological polar surface area (TPSA) is 70.7 Å². The molecule has 29 heavy (non-hydrogen) atoms. The van der Waals surface area contributed by atoms with Crippen LogP contribution in [0.3, 0.4) is 0 Å². The molecule has 0 atom stereocenters. The van der Waals surface area contributed by atoms with Crippen LogP contribution in [0.1, 0.15) is 47.4 Å². The molecule has 6 nitrogen and oxygen atoms in total. The summed E-state index contributed by atoms with van der Waals surface area (Å²) in [6, 6.07) is 14.0. The van der Waals surface area contributed by atoms with Gasteiger partial charge >= 0.3 is 0 Å². The average Bonchev–Trinajstić information content (AvgIpc) is 2.73. The highest BCUT2D eigenvalue weighted by Gasteiger charge is 2.15. The Bertz CT molecular complexity index is 847. The molecule has 154 valence electrons. The normalized spacial score (nSPS) is 10.2. The predicted molar refractivity (Wildman–Crippen MR) is 120 cm³/mol. The summed E-state index contributed by atoms with van der Waals surface area (Å²) in [6.07, 6.45) is 1.84. The van der Waals surface area contributed by atoms with Gasteiger partial charge in [-0.05, 0) is 61.5 Å². The Kier molecular flexibility index (Phi) is 8.61. The molecule has 0 fully saturated rings. The van der Waals surface area contributed by atoms with Gasteiger partial charge in [-0.15, -0.1) is 0 Å². The molecule has 2 rings (SSSR count). The quantitative estimate of drug-likeness (QED) is 0.638. The number of rotatable bonds is 8. The number of anilines is 1. The van der Waals surface area contributed by atoms with E-state index in [0.29, 0.717) is 22.6 Å². The molecule has 2 amide bonds. The number of amides is 2. The van der Waals surface area contributed by atoms with Crippen LogP contribution in [0.5, 0.6) is 5.75 Å². The molecule has 7 heteroatoms. The maximum Gasteiger partial charge on any atom is 0.261 e. The summed E-state index contributed by atoms with van der Waals surface area (Å²) in [5, 5.41) is 5.76. The van der Waals surface area contributed by atoms with Gasteiger partial charge in [0.25, 0.3) is 11.8 Å². The van der Waals surface area contributed by atoms with Crippen molar-refractivity contribution in [1.82, 2.24) is 10.2 Å². The van der Waals surface area contributed by atoms with Crippen LogP contribution in [-0.4, -0.2) is 42.0 Å². The third-order valence-electron chi connectivity index (χ3n) is 4.24. The van der Waals surface area contributed by atoms with Gasteiger partial charge in [0.15, 0.2) is 5.11 Å². The first-order chi connectivity index (χ1) is 14.0. The minimum atomic E-state index is -0.360. The molecule has 0 spiro atoms. The van der Waals surface area contributed by atoms with Gasteiger partial charge in [0.1, 0.15) is 5.75 Å². The molecular formula is C22H27N3O3S. The summed E-state index contributed by atoms with van der Waals surface area (Å²) in [7, 11) is 1.51. The van der Waals surface area contributed by atoms with E-state index in [1.807, 2.05) is 4.90 Å². The summed E-state index contributed by atoms with van der Waals surface area (Å²) in [5.74, 6) is 0.133. The number of thiocarbonyl (C=S) groups is 1. The van der Waals surface area contributed by atoms with E-state index in [0.717, 1.165) is 25.9 Å². The molecule has 2 aromatic rings. The highest BCUT2D eigenvalue weighted by Crippen LogP contribution is 2.17. The molecule has 0 aliphatic heterocycles. The number of para-hydroxylation sites is 1. The smallest absolute Gasteiger partial charge is 0.261 e. The minimum absolute atomic E-state index is 0.0206. The summed E-state index contributed by atoms with van der Waals surface area (Å²) in [6.45, 7) is 5.60. The van der Waals surface area contributed by atoms with Crippen LogP contribution >= 0.6 is 12.2 Å². The van der Waals surface area contributed by atoms with Crippen LogP contribution in [0, 0.1) is 0 Å². The first-order valence-electron chi connectivity index (χ1n) is 9.64. The Morgan fingerprint density at radius 1 is 1.00 bits per heavy atom. The van der Waals surface area contributed by atoms with Crippen molar-refractivity contribution in [3.05, 3.63) is 59.7 Å². The summed E-state index contributed by atoms with van der Waals surface area (Å²) < 4.78 is 5.20. The molecule has 0 aliphatic carbocycles. The fraction of sp³-hybridized carbons (Fsp3) is 0.318. The van der Waals surface area contributed by atoms with Gasteiger partial charge in [0.2, 0.25) is 0 Å². The number of carbonyl (C=O) groups is 2. The van der Waals surface area contributed by atoms with Gasteiger partial charge in [-0.2, -0.15) is 0 Å². The van der Waals surface area contributed by atoms with Crippen LogP contribution < -0.4 is 15.4 Å². The molecule has 0 aromatic heterocycles. The lowest BCUT2D eigenvalue weighted by molar-refractivity contribution is 0.0755. The highest BCUT2D eigenvalue weighted by molar-refractivity contribution is 7.80. The molecule has 0 saturated heterocycles. The number of hydrogen-bond acceptors (Lipinski definition) is 4. The van der Waals surface area contributed by atoms with E-state index in [9.17, 15) is 9.59 Å². The van der Waals surface area contributed by atoms with Gasteiger partial charge in [-0.1, -0.05) is 26.0 Å². The molecule has 2 aromatic carbocycles. The van der Waals surface area contributed by atoms with Crippen molar-refractivity contribution in [1.29, 1.82) is 0 Å². The van der Waals surface area contributed by atoms with Crippen LogP contribution in [0.4, 0.5) is 5.69 Å². The van der Waals surface area contributed by atoms with Gasteiger partial charge in [-0.3, -0.25) is 14.9 Å². The molecule has 0 aliphatic rings. The summed E-state index contributed by atoms with van der Waals surface area (Å²) in [4.78, 5) is 26.9. The third-order valence-corrected chi connectivity index (χ3v) is 4.45. The van der Waals surface area contributed by atoms with Crippen LogP contribution in [-0.2, 0) is 0 Å². The average molecular weight is 414 g/mol. The van der Waals surface area contributed by atoms with Crippen molar-refractivity contribution < 1.29 is 14.3 Å². The van der Waals surface area contributed by atoms with E-state index in [1.54, 1.807) is 48.5 Å². The van der Waals surface area contributed by atoms with E-state index in [2.05, 4.69) is 24.5 Å². The Morgan fingerprint density at radius 2 is 1.62 bits per heavy atom. The minimum Gasteiger partial charge on any atom is -0.496 e. The molecule has 0 bridgehead atoms. The lowest BCUT2D eigenvalue weighted by Crippen LogP contribution is -2.34. The molecule has 2 N–H and O–H groups in total. The zero-order valence-corrected chi connectivity index (χ0v) is 17.8. The van der Waals surface area contributed by atoms with E-state index < -0.39 is 0 Å². The Morgan fingerprint density at radius 3 is 2.21 bits per heavy atom. The van der Waals surface area contributed by atoms with Crippen molar-refractivity contribution >= 4 is 34.8 Å². The van der Waals surface area contributed by atoms with E-state index in [4.69, 9.17) is 17.0 Å². The van der Waals surface area contributed by atoms with Crippen molar-refractivity contribution in [3.63, 3.8) is 0 Å². The van der Waals surface area contributed by atoms with Gasteiger partial charge in [-0.25, -0.2) is 0 Å². The number of nitrogens with one attached hydrogen (secondary N) is 2. The Labute approximate surface area is 177 Å². The second-order valence-corrected chi connectivity index (χ2v) is 6.89. The molecule has 0 radical (unpaired) electrons. The second-order valence-electron chi connectivity index (χ2n) is 6.48. The van der Waals surface area contributed by atoms with Gasteiger partial charge in [0, 0.05) is 24.3 Å². The van der Waals surface area contributed by atoms with E-state index >= 15 is 0 Å². The number of hydrogen-bond donors (Lipinski definition) is 2. The SMILES string of the molecule is CCCN(CCC)C(=O)c1ccc(NC(=S)NC(=O)c2ccccc2OC)cc1. The Hall–Kier alpha value is -2.93. The van der Waals surface area contributed by atoms with Crippen LogP contribution in [0.25, 0.3) is 0 Å². The van der Waals surface area contributed by atoms with Crippen molar-refractivity contribution in [2.45, 2.75) is 26.7 Å². The largest absolute Gasteiger partial charge is 0.496 e. The maximum atomic E-state index is 12.6. The van der Waals surface area contributed by atoms with Crippen LogP contribution in [0.15, 0.2) is 48.5 Å². The number of ether oxygens (including phenoxy) is 1. The number of carbonyl (C=O) groups excluding carboxylic acids is 2. The lowest BCUT2D eigenvalue weighted by atomic mass is 10.1. The van der Waals surface area contributed by atoms with Gasteiger partial charge in [0.05, 0.1) is 12.7 Å². The zero-order valence-electron chi connectivity index (χ0n) is 17.0. The first kappa shape index (κ1) is 22.4. The van der Waals surface area contributed by atoms with E-state index in [-0.39, 0.29) is 16.9 Å². The van der Waals surface area contributed by atoms with Crippen LogP contribution in [0.2, 0.25) is 0 Å². The summed E-state index contributed by atoms with van der Waals surface area (Å²) in [5.41, 5.74) is 1.71. The number of nitrogens with zero attached hydrogens (tertiary/aromatic N) is 1. The van der Waals surface area contributed by atoms with Crippen molar-refractivity contribution in [2.75, 3.05) is 25.5 Å². The predicted octanol–water partition coefficient (Wildman–Crippen LogP) is 4.08.